The van der Waals surface area contributed by atoms with Gasteiger partial charge in [-0.1, -0.05) is 11.6 Å². The highest BCUT2D eigenvalue weighted by molar-refractivity contribution is 6.31. The average Bonchev–Trinajstić information content (AvgIpc) is 2.11. The van der Waals surface area contributed by atoms with E-state index in [1.807, 2.05) is 0 Å². The van der Waals surface area contributed by atoms with Gasteiger partial charge < -0.3 is 0 Å². The smallest absolute Gasteiger partial charge is 0.294 e. The van der Waals surface area contributed by atoms with Crippen LogP contribution in [0, 0.1) is 12.7 Å². The zero-order valence-electron chi connectivity index (χ0n) is 9.41. The molecule has 0 aliphatic carbocycles. The van der Waals surface area contributed by atoms with Crippen LogP contribution in [0.1, 0.15) is 11.1 Å². The van der Waals surface area contributed by atoms with Crippen molar-refractivity contribution in [3.8, 4) is 0 Å². The molecule has 0 heterocycles. The van der Waals surface area contributed by atoms with E-state index in [2.05, 4.69) is 0 Å². The number of benzene rings is 1. The molecular formula is C11H12ClF4N. The number of rotatable bonds is 3. The second kappa shape index (κ2) is 5.23. The predicted octanol–water partition coefficient (Wildman–Crippen LogP) is 3.78. The average molecular weight is 270 g/mol. The summed E-state index contributed by atoms with van der Waals surface area (Å²) in [6.07, 6.45) is -4.27. The first-order valence-electron chi connectivity index (χ1n) is 4.89. The van der Waals surface area contributed by atoms with Crippen molar-refractivity contribution in [3.63, 3.8) is 0 Å². The van der Waals surface area contributed by atoms with Crippen molar-refractivity contribution in [2.75, 3.05) is 13.6 Å². The van der Waals surface area contributed by atoms with Crippen LogP contribution in [-0.4, -0.2) is 24.7 Å². The van der Waals surface area contributed by atoms with E-state index in [-0.39, 0.29) is 11.6 Å². The van der Waals surface area contributed by atoms with Crippen molar-refractivity contribution in [3.05, 3.63) is 34.1 Å². The van der Waals surface area contributed by atoms with Crippen LogP contribution in [0.4, 0.5) is 17.6 Å². The number of nitrogens with zero attached hydrogens (tertiary/aromatic N) is 1. The van der Waals surface area contributed by atoms with Crippen LogP contribution >= 0.6 is 11.6 Å². The SMILES string of the molecule is Cc1cc(Cl)c(CN(C)CC(F)(F)F)cc1F. The molecule has 0 unspecified atom stereocenters. The predicted molar refractivity (Wildman–Crippen MR) is 58.5 cm³/mol. The summed E-state index contributed by atoms with van der Waals surface area (Å²) in [5.74, 6) is -0.468. The molecule has 0 atom stereocenters. The molecule has 0 aliphatic heterocycles. The molecule has 96 valence electrons. The van der Waals surface area contributed by atoms with Gasteiger partial charge in [-0.05, 0) is 37.2 Å². The third-order valence-electron chi connectivity index (χ3n) is 2.22. The van der Waals surface area contributed by atoms with Crippen LogP contribution in [0.2, 0.25) is 5.02 Å². The topological polar surface area (TPSA) is 3.24 Å². The number of hydrogen-bond acceptors (Lipinski definition) is 1. The Morgan fingerprint density at radius 3 is 2.41 bits per heavy atom. The lowest BCUT2D eigenvalue weighted by Gasteiger charge is -2.19. The van der Waals surface area contributed by atoms with E-state index in [4.69, 9.17) is 11.6 Å². The summed E-state index contributed by atoms with van der Waals surface area (Å²) >= 11 is 5.84. The second-order valence-corrected chi connectivity index (χ2v) is 4.39. The van der Waals surface area contributed by atoms with Crippen molar-refractivity contribution in [1.82, 2.24) is 4.90 Å². The van der Waals surface area contributed by atoms with Gasteiger partial charge in [-0.2, -0.15) is 13.2 Å². The van der Waals surface area contributed by atoms with Gasteiger partial charge in [0, 0.05) is 11.6 Å². The van der Waals surface area contributed by atoms with E-state index in [0.29, 0.717) is 11.1 Å². The van der Waals surface area contributed by atoms with Crippen LogP contribution in [0.15, 0.2) is 12.1 Å². The molecule has 0 fully saturated rings. The van der Waals surface area contributed by atoms with Crippen molar-refractivity contribution in [2.45, 2.75) is 19.6 Å². The van der Waals surface area contributed by atoms with Crippen LogP contribution in [-0.2, 0) is 6.54 Å². The minimum atomic E-state index is -4.27. The lowest BCUT2D eigenvalue weighted by molar-refractivity contribution is -0.144. The van der Waals surface area contributed by atoms with Crippen molar-refractivity contribution in [2.24, 2.45) is 0 Å². The normalized spacial score (nSPS) is 12.2. The molecule has 0 spiro atoms. The summed E-state index contributed by atoms with van der Waals surface area (Å²) in [7, 11) is 1.31. The summed E-state index contributed by atoms with van der Waals surface area (Å²) in [4.78, 5) is 1.04. The third-order valence-corrected chi connectivity index (χ3v) is 2.57. The van der Waals surface area contributed by atoms with Crippen molar-refractivity contribution in [1.29, 1.82) is 0 Å². The first-order chi connectivity index (χ1) is 7.69. The lowest BCUT2D eigenvalue weighted by Crippen LogP contribution is -2.30. The van der Waals surface area contributed by atoms with E-state index in [1.54, 1.807) is 6.92 Å². The highest BCUT2D eigenvalue weighted by Gasteiger charge is 2.29. The zero-order valence-corrected chi connectivity index (χ0v) is 10.2. The minimum absolute atomic E-state index is 0.0461. The molecule has 0 N–H and O–H groups in total. The summed E-state index contributed by atoms with van der Waals surface area (Å²) in [6.45, 7) is 0.443. The monoisotopic (exact) mass is 269 g/mol. The van der Waals surface area contributed by atoms with E-state index < -0.39 is 18.5 Å². The molecule has 0 saturated heterocycles. The Kier molecular flexibility index (Phi) is 4.38. The van der Waals surface area contributed by atoms with E-state index >= 15 is 0 Å². The Morgan fingerprint density at radius 1 is 1.29 bits per heavy atom. The summed E-state index contributed by atoms with van der Waals surface area (Å²) < 4.78 is 49.6. The molecule has 0 bridgehead atoms. The van der Waals surface area contributed by atoms with Gasteiger partial charge in [-0.25, -0.2) is 4.39 Å². The second-order valence-electron chi connectivity index (χ2n) is 3.98. The van der Waals surface area contributed by atoms with Crippen LogP contribution < -0.4 is 0 Å². The Bertz CT molecular complexity index is 403. The quantitative estimate of drug-likeness (QED) is 0.755. The first kappa shape index (κ1) is 14.3. The number of alkyl halides is 3. The standard InChI is InChI=1S/C11H12ClF4N/c1-7-3-9(12)8(4-10(7)13)5-17(2)6-11(14,15)16/h3-4H,5-6H2,1-2H3. The summed E-state index contributed by atoms with van der Waals surface area (Å²) in [5, 5.41) is 0.276. The molecule has 0 amide bonds. The summed E-state index contributed by atoms with van der Waals surface area (Å²) in [6, 6.07) is 2.58. The highest BCUT2D eigenvalue weighted by atomic mass is 35.5. The Balaban J connectivity index is 2.78. The zero-order chi connectivity index (χ0) is 13.2. The van der Waals surface area contributed by atoms with Crippen LogP contribution in [0.25, 0.3) is 0 Å². The van der Waals surface area contributed by atoms with Gasteiger partial charge >= 0.3 is 6.18 Å². The van der Waals surface area contributed by atoms with Crippen LogP contribution in [0.5, 0.6) is 0 Å². The molecular weight excluding hydrogens is 258 g/mol. The lowest BCUT2D eigenvalue weighted by atomic mass is 10.1. The molecule has 0 radical (unpaired) electrons. The molecule has 0 aliphatic rings. The Hall–Kier alpha value is -0.810. The fourth-order valence-electron chi connectivity index (χ4n) is 1.46. The van der Waals surface area contributed by atoms with Gasteiger partial charge in [0.1, 0.15) is 5.82 Å². The van der Waals surface area contributed by atoms with E-state index in [0.717, 1.165) is 4.90 Å². The van der Waals surface area contributed by atoms with E-state index in [9.17, 15) is 17.6 Å². The molecule has 6 heteroatoms. The fraction of sp³-hybridized carbons (Fsp3) is 0.455. The number of aryl methyl sites for hydroxylation is 1. The van der Waals surface area contributed by atoms with E-state index in [1.165, 1.54) is 19.2 Å². The van der Waals surface area contributed by atoms with Gasteiger partial charge in [-0.3, -0.25) is 4.90 Å². The first-order valence-corrected chi connectivity index (χ1v) is 5.26. The fourth-order valence-corrected chi connectivity index (χ4v) is 1.74. The van der Waals surface area contributed by atoms with Crippen LogP contribution in [0.3, 0.4) is 0 Å². The van der Waals surface area contributed by atoms with Gasteiger partial charge in [0.15, 0.2) is 0 Å². The summed E-state index contributed by atoms with van der Waals surface area (Å²) in [5.41, 5.74) is 0.721. The molecule has 1 aromatic rings. The molecule has 0 saturated carbocycles. The maximum Gasteiger partial charge on any atom is 0.401 e. The Morgan fingerprint density at radius 2 is 1.88 bits per heavy atom. The maximum atomic E-state index is 13.2. The van der Waals surface area contributed by atoms with Gasteiger partial charge in [0.25, 0.3) is 0 Å². The maximum absolute atomic E-state index is 13.2. The molecule has 1 nitrogen and oxygen atoms in total. The highest BCUT2D eigenvalue weighted by Crippen LogP contribution is 2.23. The van der Waals surface area contributed by atoms with Gasteiger partial charge in [-0.15, -0.1) is 0 Å². The van der Waals surface area contributed by atoms with Crippen molar-refractivity contribution < 1.29 is 17.6 Å². The van der Waals surface area contributed by atoms with Gasteiger partial charge in [0.05, 0.1) is 6.54 Å². The molecule has 1 rings (SSSR count). The van der Waals surface area contributed by atoms with Crippen molar-refractivity contribution >= 4 is 11.6 Å². The largest absolute Gasteiger partial charge is 0.401 e. The molecule has 0 aromatic heterocycles. The number of halogens is 5. The Labute approximate surface area is 102 Å². The third kappa shape index (κ3) is 4.52. The number of hydrogen-bond donors (Lipinski definition) is 0. The minimum Gasteiger partial charge on any atom is -0.294 e. The van der Waals surface area contributed by atoms with Gasteiger partial charge in [0.2, 0.25) is 0 Å². The molecule has 17 heavy (non-hydrogen) atoms. The molecule has 1 aromatic carbocycles.